The number of benzene rings is 6. The van der Waals surface area contributed by atoms with Gasteiger partial charge in [-0.15, -0.1) is 0 Å². The molecule has 0 fully saturated rings. The van der Waals surface area contributed by atoms with Crippen molar-refractivity contribution in [1.29, 1.82) is 0 Å². The minimum Gasteiger partial charge on any atom is -0.337 e. The molecule has 0 unspecified atom stereocenters. The normalized spacial score (nSPS) is 14.6. The molecule has 12 rings (SSSR count). The maximum Gasteiger partial charge on any atom is 0.166 e. The summed E-state index contributed by atoms with van der Waals surface area (Å²) in [7, 11) is 0. The van der Waals surface area contributed by atoms with Crippen molar-refractivity contribution in [3.05, 3.63) is 197 Å². The minimum atomic E-state index is -0.266. The van der Waals surface area contributed by atoms with Crippen LogP contribution in [0.2, 0.25) is 0 Å². The Hall–Kier alpha value is -6.13. The first kappa shape index (κ1) is 31.8. The van der Waals surface area contributed by atoms with Crippen molar-refractivity contribution in [2.24, 2.45) is 9.98 Å². The van der Waals surface area contributed by atoms with E-state index in [1.165, 1.54) is 33.4 Å². The number of aromatic nitrogens is 2. The largest absolute Gasteiger partial charge is 0.337 e. The van der Waals surface area contributed by atoms with Crippen LogP contribution in [0.4, 0.5) is 0 Å². The zero-order valence-electron chi connectivity index (χ0n) is 29.2. The predicted molar refractivity (Wildman–Crippen MR) is 214 cm³/mol. The minimum absolute atomic E-state index is 0.266. The Labute approximate surface area is 305 Å². The van der Waals surface area contributed by atoms with Gasteiger partial charge in [-0.3, -0.25) is 9.98 Å². The number of imidazole rings is 1. The molecule has 2 heterocycles. The molecule has 4 aliphatic carbocycles. The number of aliphatic imine (C=N–C) groups is 2. The molecule has 0 saturated heterocycles. The fourth-order valence-corrected chi connectivity index (χ4v) is 7.72. The smallest absolute Gasteiger partial charge is 0.166 e. The molecule has 0 saturated carbocycles. The van der Waals surface area contributed by atoms with Crippen LogP contribution in [0.3, 0.4) is 0 Å². The van der Waals surface area contributed by atoms with Crippen molar-refractivity contribution in [3.63, 3.8) is 0 Å². The van der Waals surface area contributed by atoms with E-state index in [2.05, 4.69) is 163 Å². The second-order valence-corrected chi connectivity index (χ2v) is 13.8. The van der Waals surface area contributed by atoms with Gasteiger partial charge in [0.15, 0.2) is 6.17 Å². The van der Waals surface area contributed by atoms with E-state index in [0.29, 0.717) is 0 Å². The second kappa shape index (κ2) is 14.2. The van der Waals surface area contributed by atoms with E-state index in [0.717, 1.165) is 89.4 Å². The summed E-state index contributed by atoms with van der Waals surface area (Å²) >= 11 is 0. The SMILES string of the molecule is c1ccc(C2=NC(c3cc4ccc3CCCc3ccc(cc3-c3nc(-c5ccccc5)c(-c5ccccc5)[nH]3)CCC4)N=C2c2ccccc2)cc1. The van der Waals surface area contributed by atoms with E-state index >= 15 is 0 Å². The molecule has 4 nitrogen and oxygen atoms in total. The van der Waals surface area contributed by atoms with Crippen molar-refractivity contribution in [1.82, 2.24) is 9.97 Å². The van der Waals surface area contributed by atoms with E-state index in [4.69, 9.17) is 15.0 Å². The summed E-state index contributed by atoms with van der Waals surface area (Å²) in [6.07, 6.45) is 5.69. The summed E-state index contributed by atoms with van der Waals surface area (Å²) in [6.45, 7) is 0. The highest BCUT2D eigenvalue weighted by atomic mass is 15.1. The third kappa shape index (κ3) is 6.44. The zero-order chi connectivity index (χ0) is 34.7. The molecular weight excluding hydrogens is 633 g/mol. The van der Waals surface area contributed by atoms with Crippen molar-refractivity contribution in [2.75, 3.05) is 0 Å². The Morgan fingerprint density at radius 1 is 0.462 bits per heavy atom. The highest BCUT2D eigenvalue weighted by Gasteiger charge is 2.27. The van der Waals surface area contributed by atoms with Gasteiger partial charge in [-0.05, 0) is 66.8 Å². The molecule has 1 aliphatic heterocycles. The lowest BCUT2D eigenvalue weighted by molar-refractivity contribution is 0.745. The van der Waals surface area contributed by atoms with Crippen LogP contribution in [0.15, 0.2) is 168 Å². The number of H-pyrrole nitrogens is 1. The van der Waals surface area contributed by atoms with E-state index in [9.17, 15) is 0 Å². The lowest BCUT2D eigenvalue weighted by atomic mass is 9.91. The Kier molecular flexibility index (Phi) is 8.72. The van der Waals surface area contributed by atoms with Gasteiger partial charge >= 0.3 is 0 Å². The standard InChI is InChI=1S/C48H40N4/c1-5-17-37(18-6-1)43-44(38-19-7-2-8-20-38)50-47(49-43)41-31-33-15-13-16-34-28-30-36(26-14-25-35(41)29-27-33)42(32-34)48-51-45(39-21-9-3-10-22-39)46(52-48)40-23-11-4-12-24-40/h1-12,17-24,27-32,47H,13-16,25-26H2,(H,51,52). The van der Waals surface area contributed by atoms with Crippen LogP contribution < -0.4 is 0 Å². The number of hydrogen-bond acceptors (Lipinski definition) is 3. The highest BCUT2D eigenvalue weighted by molar-refractivity contribution is 6.54. The van der Waals surface area contributed by atoms with Gasteiger partial charge in [0.05, 0.1) is 22.8 Å². The van der Waals surface area contributed by atoms with Gasteiger partial charge in [-0.2, -0.15) is 0 Å². The molecular formula is C48H40N4. The second-order valence-electron chi connectivity index (χ2n) is 13.8. The Balaban J connectivity index is 1.07. The van der Waals surface area contributed by atoms with Crippen LogP contribution in [0, 0.1) is 0 Å². The molecule has 6 aromatic carbocycles. The van der Waals surface area contributed by atoms with Gasteiger partial charge in [0, 0.05) is 33.4 Å². The summed E-state index contributed by atoms with van der Waals surface area (Å²) in [4.78, 5) is 19.8. The van der Waals surface area contributed by atoms with Crippen LogP contribution in [-0.4, -0.2) is 21.4 Å². The first-order chi connectivity index (χ1) is 25.8. The summed E-state index contributed by atoms with van der Waals surface area (Å²) in [6, 6.07) is 56.2. The van der Waals surface area contributed by atoms with E-state index in [1.807, 2.05) is 0 Å². The first-order valence-corrected chi connectivity index (χ1v) is 18.5. The molecule has 4 bridgehead atoms. The lowest BCUT2D eigenvalue weighted by Gasteiger charge is -2.16. The molecule has 252 valence electrons. The quantitative estimate of drug-likeness (QED) is 0.188. The van der Waals surface area contributed by atoms with E-state index in [-0.39, 0.29) is 6.17 Å². The third-order valence-corrected chi connectivity index (χ3v) is 10.4. The van der Waals surface area contributed by atoms with Crippen molar-refractivity contribution >= 4 is 11.4 Å². The molecule has 1 aromatic heterocycles. The van der Waals surface area contributed by atoms with Gasteiger partial charge in [0.2, 0.25) is 0 Å². The summed E-state index contributed by atoms with van der Waals surface area (Å²) in [5, 5.41) is 0. The number of aromatic amines is 1. The van der Waals surface area contributed by atoms with Gasteiger partial charge < -0.3 is 4.98 Å². The third-order valence-electron chi connectivity index (χ3n) is 10.4. The molecule has 0 spiro atoms. The molecule has 7 aromatic rings. The average Bonchev–Trinajstić information content (AvgIpc) is 3.87. The maximum absolute atomic E-state index is 5.35. The fraction of sp³-hybridized carbons (Fsp3) is 0.146. The maximum atomic E-state index is 5.35. The molecule has 1 N–H and O–H groups in total. The Bertz CT molecular complexity index is 2280. The van der Waals surface area contributed by atoms with Gasteiger partial charge in [0.1, 0.15) is 5.82 Å². The number of hydrogen-bond donors (Lipinski definition) is 1. The number of nitrogens with zero attached hydrogens (tertiary/aromatic N) is 3. The van der Waals surface area contributed by atoms with Crippen molar-refractivity contribution < 1.29 is 0 Å². The van der Waals surface area contributed by atoms with Gasteiger partial charge in [0.25, 0.3) is 0 Å². The molecule has 5 aliphatic rings. The molecule has 0 amide bonds. The van der Waals surface area contributed by atoms with E-state index < -0.39 is 0 Å². The molecule has 0 atom stereocenters. The average molecular weight is 673 g/mol. The van der Waals surface area contributed by atoms with Crippen molar-refractivity contribution in [3.8, 4) is 33.9 Å². The van der Waals surface area contributed by atoms with Gasteiger partial charge in [-0.25, -0.2) is 4.98 Å². The van der Waals surface area contributed by atoms with Crippen LogP contribution in [-0.2, 0) is 25.7 Å². The van der Waals surface area contributed by atoms with Crippen LogP contribution in [0.25, 0.3) is 33.9 Å². The number of nitrogens with one attached hydrogen (secondary N) is 1. The van der Waals surface area contributed by atoms with Crippen LogP contribution in [0.5, 0.6) is 0 Å². The van der Waals surface area contributed by atoms with Crippen LogP contribution >= 0.6 is 0 Å². The summed E-state index contributed by atoms with van der Waals surface area (Å²) in [5.74, 6) is 0.933. The molecule has 52 heavy (non-hydrogen) atoms. The Morgan fingerprint density at radius 2 is 0.962 bits per heavy atom. The zero-order valence-corrected chi connectivity index (χ0v) is 29.2. The fourth-order valence-electron chi connectivity index (χ4n) is 7.72. The summed E-state index contributed by atoms with van der Waals surface area (Å²) < 4.78 is 0. The predicted octanol–water partition coefficient (Wildman–Crippen LogP) is 11.1. The Morgan fingerprint density at radius 3 is 1.58 bits per heavy atom. The first-order valence-electron chi connectivity index (χ1n) is 18.5. The molecule has 4 heteroatoms. The van der Waals surface area contributed by atoms with Gasteiger partial charge in [-0.1, -0.05) is 152 Å². The van der Waals surface area contributed by atoms with Crippen molar-refractivity contribution in [2.45, 2.75) is 44.7 Å². The van der Waals surface area contributed by atoms with Crippen LogP contribution in [0.1, 0.15) is 58.0 Å². The highest BCUT2D eigenvalue weighted by Crippen LogP contribution is 2.36. The number of rotatable bonds is 6. The monoisotopic (exact) mass is 672 g/mol. The molecule has 0 radical (unpaired) electrons. The topological polar surface area (TPSA) is 53.4 Å². The number of aryl methyl sites for hydroxylation is 4. The lowest BCUT2D eigenvalue weighted by Crippen LogP contribution is -2.13. The van der Waals surface area contributed by atoms with E-state index in [1.54, 1.807) is 0 Å². The summed E-state index contributed by atoms with van der Waals surface area (Å²) in [5.41, 5.74) is 16.2.